The Balaban J connectivity index is 1.33. The van der Waals surface area contributed by atoms with Gasteiger partial charge in [0.2, 0.25) is 5.91 Å². The molecule has 1 fully saturated rings. The van der Waals surface area contributed by atoms with Crippen LogP contribution in [-0.2, 0) is 18.4 Å². The molecule has 1 aliphatic rings. The van der Waals surface area contributed by atoms with Gasteiger partial charge in [-0.25, -0.2) is 4.98 Å². The first-order valence-corrected chi connectivity index (χ1v) is 9.65. The van der Waals surface area contributed by atoms with E-state index in [9.17, 15) is 4.79 Å². The van der Waals surface area contributed by atoms with Gasteiger partial charge in [-0.15, -0.1) is 0 Å². The number of hydrogen-bond acceptors (Lipinski definition) is 6. The second kappa shape index (κ2) is 8.02. The number of fused-ring (bicyclic) bond motifs is 1. The number of imidazole rings is 1. The number of anilines is 1. The van der Waals surface area contributed by atoms with Gasteiger partial charge in [-0.2, -0.15) is 4.98 Å². The summed E-state index contributed by atoms with van der Waals surface area (Å²) in [6, 6.07) is 5.45. The van der Waals surface area contributed by atoms with Crippen molar-refractivity contribution in [2.24, 2.45) is 13.0 Å². The number of piperidine rings is 1. The number of amides is 1. The van der Waals surface area contributed by atoms with E-state index in [1.54, 1.807) is 6.07 Å². The van der Waals surface area contributed by atoms with Crippen molar-refractivity contribution in [1.82, 2.24) is 19.4 Å². The highest BCUT2D eigenvalue weighted by Gasteiger charge is 2.25. The molecule has 1 amide bonds. The number of ether oxygens (including phenoxy) is 1. The van der Waals surface area contributed by atoms with Crippen molar-refractivity contribution >= 4 is 22.7 Å². The number of nitrogens with one attached hydrogen (secondary N) is 1. The molecule has 1 aromatic carbocycles. The van der Waals surface area contributed by atoms with E-state index in [1.165, 1.54) is 0 Å². The number of aryl methyl sites for hydroxylation is 1. The van der Waals surface area contributed by atoms with Crippen molar-refractivity contribution in [2.75, 3.05) is 25.0 Å². The molecule has 148 valence electrons. The Morgan fingerprint density at radius 3 is 2.89 bits per heavy atom. The van der Waals surface area contributed by atoms with E-state index in [2.05, 4.69) is 20.2 Å². The summed E-state index contributed by atoms with van der Waals surface area (Å²) < 4.78 is 12.8. The van der Waals surface area contributed by atoms with Gasteiger partial charge in [-0.3, -0.25) is 9.69 Å². The molecule has 28 heavy (non-hydrogen) atoms. The van der Waals surface area contributed by atoms with Gasteiger partial charge in [0.15, 0.2) is 5.58 Å². The highest BCUT2D eigenvalue weighted by molar-refractivity contribution is 5.94. The predicted octanol–water partition coefficient (Wildman–Crippen LogP) is 2.81. The number of rotatable bonds is 6. The number of carbonyl (C=O) groups excluding carboxylic acids is 1. The summed E-state index contributed by atoms with van der Waals surface area (Å²) in [5.74, 6) is 1.13. The first-order valence-electron chi connectivity index (χ1n) is 9.65. The predicted molar refractivity (Wildman–Crippen MR) is 105 cm³/mol. The molecule has 4 rings (SSSR count). The molecule has 0 radical (unpaired) electrons. The van der Waals surface area contributed by atoms with Gasteiger partial charge in [0.05, 0.1) is 13.2 Å². The van der Waals surface area contributed by atoms with E-state index in [0.717, 1.165) is 44.0 Å². The molecular weight excluding hydrogens is 358 g/mol. The molecule has 0 unspecified atom stereocenters. The van der Waals surface area contributed by atoms with Crippen LogP contribution in [0.5, 0.6) is 6.08 Å². The van der Waals surface area contributed by atoms with Gasteiger partial charge in [0, 0.05) is 31.0 Å². The number of aromatic nitrogens is 3. The Kier molecular flexibility index (Phi) is 5.29. The van der Waals surface area contributed by atoms with E-state index >= 15 is 0 Å². The van der Waals surface area contributed by atoms with Gasteiger partial charge < -0.3 is 19.0 Å². The zero-order valence-electron chi connectivity index (χ0n) is 16.2. The molecule has 2 aromatic heterocycles. The molecule has 0 spiro atoms. The van der Waals surface area contributed by atoms with Crippen molar-refractivity contribution in [2.45, 2.75) is 26.3 Å². The maximum Gasteiger partial charge on any atom is 0.394 e. The van der Waals surface area contributed by atoms with Crippen LogP contribution in [0.3, 0.4) is 0 Å². The third kappa shape index (κ3) is 4.01. The summed E-state index contributed by atoms with van der Waals surface area (Å²) in [5, 5.41) is 3.02. The van der Waals surface area contributed by atoms with E-state index in [1.807, 2.05) is 43.1 Å². The van der Waals surface area contributed by atoms with Crippen LogP contribution in [0.4, 0.5) is 5.69 Å². The molecule has 0 saturated carbocycles. The minimum Gasteiger partial charge on any atom is -0.450 e. The first-order chi connectivity index (χ1) is 13.6. The van der Waals surface area contributed by atoms with Crippen molar-refractivity contribution in [3.8, 4) is 6.08 Å². The number of oxazole rings is 1. The maximum atomic E-state index is 12.7. The molecule has 0 atom stereocenters. The average Bonchev–Trinajstić information content (AvgIpc) is 3.28. The lowest BCUT2D eigenvalue weighted by atomic mass is 9.96. The van der Waals surface area contributed by atoms with E-state index in [4.69, 9.17) is 9.15 Å². The van der Waals surface area contributed by atoms with Crippen LogP contribution < -0.4 is 10.1 Å². The number of benzene rings is 1. The molecule has 1 N–H and O–H groups in total. The second-order valence-corrected chi connectivity index (χ2v) is 7.09. The average molecular weight is 383 g/mol. The fourth-order valence-corrected chi connectivity index (χ4v) is 3.52. The lowest BCUT2D eigenvalue weighted by Gasteiger charge is -2.30. The van der Waals surface area contributed by atoms with Crippen molar-refractivity contribution in [3.05, 3.63) is 36.4 Å². The summed E-state index contributed by atoms with van der Waals surface area (Å²) in [5.41, 5.74) is 2.04. The highest BCUT2D eigenvalue weighted by atomic mass is 16.6. The van der Waals surface area contributed by atoms with Crippen LogP contribution in [0, 0.1) is 5.92 Å². The fourth-order valence-electron chi connectivity index (χ4n) is 3.52. The summed E-state index contributed by atoms with van der Waals surface area (Å²) in [6.45, 7) is 4.98. The minimum atomic E-state index is 0.0182. The van der Waals surface area contributed by atoms with Gasteiger partial charge >= 0.3 is 6.08 Å². The van der Waals surface area contributed by atoms with E-state index < -0.39 is 0 Å². The Morgan fingerprint density at radius 1 is 1.36 bits per heavy atom. The Bertz CT molecular complexity index is 956. The fraction of sp³-hybridized carbons (Fsp3) is 0.450. The third-order valence-electron chi connectivity index (χ3n) is 5.15. The second-order valence-electron chi connectivity index (χ2n) is 7.09. The molecule has 0 aliphatic carbocycles. The molecule has 3 heterocycles. The number of likely N-dealkylation sites (tertiary alicyclic amines) is 1. The monoisotopic (exact) mass is 383 g/mol. The Hall–Kier alpha value is -2.87. The quantitative estimate of drug-likeness (QED) is 0.704. The lowest BCUT2D eigenvalue weighted by Crippen LogP contribution is -2.38. The summed E-state index contributed by atoms with van der Waals surface area (Å²) >= 11 is 0. The normalized spacial score (nSPS) is 15.8. The van der Waals surface area contributed by atoms with Crippen LogP contribution in [0.25, 0.3) is 11.1 Å². The number of hydrogen-bond donors (Lipinski definition) is 1. The summed E-state index contributed by atoms with van der Waals surface area (Å²) in [4.78, 5) is 23.7. The van der Waals surface area contributed by atoms with Crippen molar-refractivity contribution < 1.29 is 13.9 Å². The minimum absolute atomic E-state index is 0.0182. The maximum absolute atomic E-state index is 12.7. The smallest absolute Gasteiger partial charge is 0.394 e. The van der Waals surface area contributed by atoms with Crippen LogP contribution >= 0.6 is 0 Å². The first kappa shape index (κ1) is 18.5. The van der Waals surface area contributed by atoms with Gasteiger partial charge in [0.1, 0.15) is 11.3 Å². The molecule has 1 saturated heterocycles. The van der Waals surface area contributed by atoms with Crippen molar-refractivity contribution in [3.63, 3.8) is 0 Å². The van der Waals surface area contributed by atoms with Gasteiger partial charge in [-0.05, 0) is 51.1 Å². The summed E-state index contributed by atoms with van der Waals surface area (Å²) in [6.07, 6.45) is 5.71. The molecular formula is C20H25N5O3. The van der Waals surface area contributed by atoms with Gasteiger partial charge in [0.25, 0.3) is 0 Å². The number of carbonyl (C=O) groups is 1. The molecule has 1 aliphatic heterocycles. The lowest BCUT2D eigenvalue weighted by molar-refractivity contribution is -0.121. The van der Waals surface area contributed by atoms with Crippen LogP contribution in [0.1, 0.15) is 25.6 Å². The van der Waals surface area contributed by atoms with Gasteiger partial charge in [-0.1, -0.05) is 0 Å². The standard InChI is InChI=1S/C20H25N5O3/c1-3-27-20-23-16-12-15(4-5-17(16)28-20)22-19(26)14-6-9-25(10-7-14)13-18-21-8-11-24(18)2/h4-5,8,11-12,14H,3,6-7,9-10,13H2,1-2H3,(H,22,26). The molecule has 3 aromatic rings. The topological polar surface area (TPSA) is 85.4 Å². The zero-order chi connectivity index (χ0) is 19.5. The van der Waals surface area contributed by atoms with E-state index in [-0.39, 0.29) is 17.9 Å². The molecule has 8 nitrogen and oxygen atoms in total. The van der Waals surface area contributed by atoms with Crippen LogP contribution in [0.2, 0.25) is 0 Å². The Labute approximate surface area is 163 Å². The van der Waals surface area contributed by atoms with Crippen molar-refractivity contribution in [1.29, 1.82) is 0 Å². The van der Waals surface area contributed by atoms with Crippen LogP contribution in [0.15, 0.2) is 35.0 Å². The Morgan fingerprint density at radius 2 is 2.18 bits per heavy atom. The van der Waals surface area contributed by atoms with E-state index in [0.29, 0.717) is 17.7 Å². The zero-order valence-corrected chi connectivity index (χ0v) is 16.2. The third-order valence-corrected chi connectivity index (χ3v) is 5.15. The SMILES string of the molecule is CCOc1nc2cc(NC(=O)C3CCN(Cc4nccn4C)CC3)ccc2o1. The number of nitrogens with zero attached hydrogens (tertiary/aromatic N) is 4. The highest BCUT2D eigenvalue weighted by Crippen LogP contribution is 2.25. The summed E-state index contributed by atoms with van der Waals surface area (Å²) in [7, 11) is 2.01. The van der Waals surface area contributed by atoms with Crippen LogP contribution in [-0.4, -0.2) is 45.0 Å². The molecule has 0 bridgehead atoms. The largest absolute Gasteiger partial charge is 0.450 e. The molecule has 8 heteroatoms.